The maximum atomic E-state index is 11.4. The molecule has 2 nitrogen and oxygen atoms in total. The van der Waals surface area contributed by atoms with Crippen LogP contribution in [0, 0.1) is 5.41 Å². The van der Waals surface area contributed by atoms with Crippen molar-refractivity contribution in [2.24, 2.45) is 5.41 Å². The van der Waals surface area contributed by atoms with Crippen molar-refractivity contribution in [1.82, 2.24) is 0 Å². The lowest BCUT2D eigenvalue weighted by atomic mass is 9.74. The monoisotopic (exact) mass is 208 g/mol. The van der Waals surface area contributed by atoms with Gasteiger partial charge in [0.1, 0.15) is 0 Å². The zero-order valence-electron chi connectivity index (χ0n) is 10.3. The van der Waals surface area contributed by atoms with E-state index in [4.69, 9.17) is 4.74 Å². The van der Waals surface area contributed by atoms with E-state index >= 15 is 0 Å². The van der Waals surface area contributed by atoms with E-state index in [9.17, 15) is 4.79 Å². The van der Waals surface area contributed by atoms with Crippen LogP contribution in [0.3, 0.4) is 0 Å². The molecule has 0 atom stereocenters. The molecule has 2 heteroatoms. The van der Waals surface area contributed by atoms with Gasteiger partial charge in [0.25, 0.3) is 0 Å². The highest BCUT2D eigenvalue weighted by atomic mass is 16.5. The molecular formula is C13H20O2. The molecule has 0 saturated heterocycles. The molecule has 0 aromatic rings. The normalized spacial score (nSPS) is 23.1. The minimum Gasteiger partial charge on any atom is -0.466 e. The van der Waals surface area contributed by atoms with Crippen molar-refractivity contribution in [2.45, 2.75) is 40.5 Å². The zero-order chi connectivity index (χ0) is 11.6. The van der Waals surface area contributed by atoms with Crippen molar-refractivity contribution in [1.29, 1.82) is 0 Å². The minimum absolute atomic E-state index is 0.216. The van der Waals surface area contributed by atoms with E-state index in [1.807, 2.05) is 6.92 Å². The van der Waals surface area contributed by atoms with Gasteiger partial charge in [-0.15, -0.1) is 0 Å². The van der Waals surface area contributed by atoms with Gasteiger partial charge in [-0.3, -0.25) is 0 Å². The van der Waals surface area contributed by atoms with E-state index < -0.39 is 0 Å². The van der Waals surface area contributed by atoms with Gasteiger partial charge in [-0.05, 0) is 37.7 Å². The van der Waals surface area contributed by atoms with E-state index in [2.05, 4.69) is 26.8 Å². The first-order valence-corrected chi connectivity index (χ1v) is 5.31. The number of allylic oxidation sites excluding steroid dienone is 3. The van der Waals surface area contributed by atoms with E-state index in [1.165, 1.54) is 12.7 Å². The Labute approximate surface area is 92.0 Å². The number of ether oxygens (including phenoxy) is 1. The molecule has 0 bridgehead atoms. The Kier molecular flexibility index (Phi) is 3.38. The fourth-order valence-corrected chi connectivity index (χ4v) is 2.26. The largest absolute Gasteiger partial charge is 0.466 e. The van der Waals surface area contributed by atoms with Gasteiger partial charge in [0.2, 0.25) is 0 Å². The summed E-state index contributed by atoms with van der Waals surface area (Å²) < 4.78 is 4.74. The lowest BCUT2D eigenvalue weighted by Gasteiger charge is -2.30. The molecule has 84 valence electrons. The summed E-state index contributed by atoms with van der Waals surface area (Å²) in [7, 11) is 1.43. The summed E-state index contributed by atoms with van der Waals surface area (Å²) in [5.74, 6) is -0.216. The second kappa shape index (κ2) is 4.21. The average molecular weight is 208 g/mol. The summed E-state index contributed by atoms with van der Waals surface area (Å²) in [4.78, 5) is 11.4. The first-order valence-electron chi connectivity index (χ1n) is 5.31. The number of rotatable bonds is 1. The van der Waals surface area contributed by atoms with Crippen LogP contribution in [0.2, 0.25) is 0 Å². The summed E-state index contributed by atoms with van der Waals surface area (Å²) in [5.41, 5.74) is 3.45. The van der Waals surface area contributed by atoms with E-state index in [1.54, 1.807) is 0 Å². The Hall–Kier alpha value is -1.05. The minimum atomic E-state index is -0.216. The van der Waals surface area contributed by atoms with Crippen LogP contribution in [0.1, 0.15) is 40.5 Å². The van der Waals surface area contributed by atoms with Gasteiger partial charge in [-0.1, -0.05) is 25.5 Å². The summed E-state index contributed by atoms with van der Waals surface area (Å²) in [6.07, 6.45) is 4.17. The Morgan fingerprint density at radius 2 is 2.00 bits per heavy atom. The molecule has 1 rings (SSSR count). The van der Waals surface area contributed by atoms with Crippen LogP contribution in [-0.2, 0) is 9.53 Å². The first kappa shape index (κ1) is 12.0. The molecule has 1 aliphatic carbocycles. The highest BCUT2D eigenvalue weighted by Crippen LogP contribution is 2.38. The fourth-order valence-electron chi connectivity index (χ4n) is 2.26. The number of carbonyl (C=O) groups excluding carboxylic acids is 1. The zero-order valence-corrected chi connectivity index (χ0v) is 10.3. The topological polar surface area (TPSA) is 26.3 Å². The van der Waals surface area contributed by atoms with Crippen molar-refractivity contribution >= 4 is 5.97 Å². The van der Waals surface area contributed by atoms with Crippen LogP contribution < -0.4 is 0 Å². The maximum Gasteiger partial charge on any atom is 0.333 e. The van der Waals surface area contributed by atoms with Gasteiger partial charge < -0.3 is 4.74 Å². The molecule has 0 heterocycles. The van der Waals surface area contributed by atoms with Crippen LogP contribution in [0.25, 0.3) is 0 Å². The van der Waals surface area contributed by atoms with Crippen LogP contribution in [0.4, 0.5) is 0 Å². The molecular weight excluding hydrogens is 188 g/mol. The predicted octanol–water partition coefficient (Wildman–Crippen LogP) is 3.24. The van der Waals surface area contributed by atoms with Crippen molar-refractivity contribution in [3.8, 4) is 0 Å². The van der Waals surface area contributed by atoms with Gasteiger partial charge in [-0.2, -0.15) is 0 Å². The molecule has 1 aliphatic rings. The Balaban J connectivity index is 3.06. The van der Waals surface area contributed by atoms with Crippen molar-refractivity contribution in [3.05, 3.63) is 22.8 Å². The highest BCUT2D eigenvalue weighted by molar-refractivity contribution is 5.89. The summed E-state index contributed by atoms with van der Waals surface area (Å²) in [6, 6.07) is 0. The van der Waals surface area contributed by atoms with Gasteiger partial charge in [0, 0.05) is 5.57 Å². The molecule has 0 unspecified atom stereocenters. The maximum absolute atomic E-state index is 11.4. The Morgan fingerprint density at radius 1 is 1.40 bits per heavy atom. The average Bonchev–Trinajstić information content (AvgIpc) is 2.12. The van der Waals surface area contributed by atoms with Gasteiger partial charge in [0.05, 0.1) is 7.11 Å². The molecule has 0 aliphatic heterocycles. The number of carbonyl (C=O) groups is 1. The number of esters is 1. The molecule has 0 saturated carbocycles. The van der Waals surface area contributed by atoms with E-state index in [-0.39, 0.29) is 11.4 Å². The van der Waals surface area contributed by atoms with E-state index in [0.29, 0.717) is 0 Å². The number of methoxy groups -OCH3 is 1. The standard InChI is InChI=1S/C13H20O2/c1-9-6-11(8-13(3,4)7-9)10(2)12(14)15-5/h6H,7-8H2,1-5H3/b11-10-. The quantitative estimate of drug-likeness (QED) is 0.488. The fraction of sp³-hybridized carbons (Fsp3) is 0.615. The molecule has 0 spiro atoms. The summed E-state index contributed by atoms with van der Waals surface area (Å²) >= 11 is 0. The van der Waals surface area contributed by atoms with Crippen molar-refractivity contribution in [2.75, 3.05) is 7.11 Å². The van der Waals surface area contributed by atoms with Crippen LogP contribution in [0.15, 0.2) is 22.8 Å². The molecule has 0 aromatic carbocycles. The lowest BCUT2D eigenvalue weighted by molar-refractivity contribution is -0.136. The second-order valence-corrected chi connectivity index (χ2v) is 5.15. The third-order valence-electron chi connectivity index (χ3n) is 2.82. The number of hydrogen-bond acceptors (Lipinski definition) is 2. The van der Waals surface area contributed by atoms with Crippen LogP contribution in [0.5, 0.6) is 0 Å². The Bertz CT molecular complexity index is 332. The highest BCUT2D eigenvalue weighted by Gasteiger charge is 2.25. The van der Waals surface area contributed by atoms with Crippen LogP contribution in [-0.4, -0.2) is 13.1 Å². The molecule has 0 amide bonds. The first-order chi connectivity index (χ1) is 6.85. The van der Waals surface area contributed by atoms with Gasteiger partial charge in [0.15, 0.2) is 0 Å². The van der Waals surface area contributed by atoms with Gasteiger partial charge >= 0.3 is 5.97 Å². The molecule has 0 fully saturated rings. The van der Waals surface area contributed by atoms with Crippen molar-refractivity contribution in [3.63, 3.8) is 0 Å². The molecule has 0 N–H and O–H groups in total. The summed E-state index contributed by atoms with van der Waals surface area (Å²) in [6.45, 7) is 8.42. The van der Waals surface area contributed by atoms with E-state index in [0.717, 1.165) is 24.0 Å². The predicted molar refractivity (Wildman–Crippen MR) is 61.5 cm³/mol. The SMILES string of the molecule is COC(=O)/C(C)=C1/C=C(C)CC(C)(C)C1. The third kappa shape index (κ3) is 2.95. The second-order valence-electron chi connectivity index (χ2n) is 5.15. The third-order valence-corrected chi connectivity index (χ3v) is 2.82. The molecule has 0 aromatic heterocycles. The lowest BCUT2D eigenvalue weighted by Crippen LogP contribution is -2.18. The van der Waals surface area contributed by atoms with Crippen LogP contribution >= 0.6 is 0 Å². The molecule has 0 radical (unpaired) electrons. The Morgan fingerprint density at radius 3 is 2.47 bits per heavy atom. The van der Waals surface area contributed by atoms with Crippen molar-refractivity contribution < 1.29 is 9.53 Å². The number of hydrogen-bond donors (Lipinski definition) is 0. The molecule has 15 heavy (non-hydrogen) atoms. The van der Waals surface area contributed by atoms with Gasteiger partial charge in [-0.25, -0.2) is 4.79 Å². The summed E-state index contributed by atoms with van der Waals surface area (Å²) in [5, 5.41) is 0. The smallest absolute Gasteiger partial charge is 0.333 e.